The van der Waals surface area contributed by atoms with Crippen LogP contribution in [0.3, 0.4) is 0 Å². The first kappa shape index (κ1) is 17.8. The second-order valence-corrected chi connectivity index (χ2v) is 7.08. The van der Waals surface area contributed by atoms with E-state index in [4.69, 9.17) is 0 Å². The Bertz CT molecular complexity index is 1020. The Labute approximate surface area is 150 Å². The first-order chi connectivity index (χ1) is 12.5. The summed E-state index contributed by atoms with van der Waals surface area (Å²) >= 11 is 0. The summed E-state index contributed by atoms with van der Waals surface area (Å²) in [6.07, 6.45) is 0. The van der Waals surface area contributed by atoms with E-state index in [2.05, 4.69) is 5.43 Å². The fourth-order valence-corrected chi connectivity index (χ4v) is 3.31. The van der Waals surface area contributed by atoms with Crippen LogP contribution in [0, 0.1) is 5.82 Å². The quantitative estimate of drug-likeness (QED) is 0.678. The van der Waals surface area contributed by atoms with E-state index >= 15 is 0 Å². The summed E-state index contributed by atoms with van der Waals surface area (Å²) in [5.41, 5.74) is 2.84. The maximum atomic E-state index is 14.3. The number of rotatable bonds is 5. The van der Waals surface area contributed by atoms with Gasteiger partial charge in [-0.3, -0.25) is 10.2 Å². The third kappa shape index (κ3) is 3.79. The zero-order valence-electron chi connectivity index (χ0n) is 13.5. The van der Waals surface area contributed by atoms with Gasteiger partial charge in [0, 0.05) is 0 Å². The molecule has 0 bridgehead atoms. The molecule has 0 aromatic heterocycles. The van der Waals surface area contributed by atoms with E-state index in [-0.39, 0.29) is 10.5 Å². The van der Waals surface area contributed by atoms with Crippen LogP contribution in [0.2, 0.25) is 0 Å². The van der Waals surface area contributed by atoms with Crippen molar-refractivity contribution in [3.8, 4) is 11.1 Å². The van der Waals surface area contributed by atoms with Gasteiger partial charge in [0.05, 0.1) is 10.5 Å². The van der Waals surface area contributed by atoms with Gasteiger partial charge in [-0.2, -0.15) is 0 Å². The molecule has 0 spiro atoms. The van der Waals surface area contributed by atoms with Crippen LogP contribution >= 0.6 is 0 Å². The van der Waals surface area contributed by atoms with Gasteiger partial charge in [-0.1, -0.05) is 60.7 Å². The second-order valence-electron chi connectivity index (χ2n) is 5.40. The van der Waals surface area contributed by atoms with Crippen LogP contribution in [-0.2, 0) is 10.0 Å². The third-order valence-electron chi connectivity index (χ3n) is 3.68. The van der Waals surface area contributed by atoms with Crippen molar-refractivity contribution in [1.82, 2.24) is 10.3 Å². The molecule has 1 amide bonds. The van der Waals surface area contributed by atoms with E-state index in [1.807, 2.05) is 4.83 Å². The molecule has 7 heteroatoms. The predicted octanol–water partition coefficient (Wildman–Crippen LogP) is 3.12. The number of halogens is 1. The van der Waals surface area contributed by atoms with Crippen LogP contribution in [0.15, 0.2) is 83.8 Å². The van der Waals surface area contributed by atoms with E-state index in [1.54, 1.807) is 54.6 Å². The van der Waals surface area contributed by atoms with E-state index in [1.165, 1.54) is 18.2 Å². The van der Waals surface area contributed by atoms with Crippen LogP contribution in [0.1, 0.15) is 10.4 Å². The molecule has 0 radical (unpaired) electrons. The molecule has 0 aliphatic carbocycles. The fraction of sp³-hybridized carbons (Fsp3) is 0. The standard InChI is InChI=1S/C19H15FN2O3S/c20-17-13-7-12-16(14-8-3-1-4-9-14)18(17)19(23)21-22-26(24,25)15-10-5-2-6-11-15/h1-13,22H,(H,21,23). The highest BCUT2D eigenvalue weighted by Crippen LogP contribution is 2.25. The average Bonchev–Trinajstić information content (AvgIpc) is 2.67. The van der Waals surface area contributed by atoms with Crippen molar-refractivity contribution in [1.29, 1.82) is 0 Å². The number of hydrogen-bond donors (Lipinski definition) is 2. The zero-order chi connectivity index (χ0) is 18.6. The summed E-state index contributed by atoms with van der Waals surface area (Å²) in [5.74, 6) is -1.63. The monoisotopic (exact) mass is 370 g/mol. The highest BCUT2D eigenvalue weighted by Gasteiger charge is 2.20. The SMILES string of the molecule is O=C(NNS(=O)(=O)c1ccccc1)c1c(F)cccc1-c1ccccc1. The maximum absolute atomic E-state index is 14.3. The molecule has 0 saturated carbocycles. The molecular formula is C19H15FN2O3S. The van der Waals surface area contributed by atoms with Crippen LogP contribution in [0.4, 0.5) is 4.39 Å². The van der Waals surface area contributed by atoms with Crippen LogP contribution < -0.4 is 10.3 Å². The molecule has 0 saturated heterocycles. The lowest BCUT2D eigenvalue weighted by molar-refractivity contribution is 0.0941. The Kier molecular flexibility index (Phi) is 5.11. The van der Waals surface area contributed by atoms with Crippen molar-refractivity contribution in [2.75, 3.05) is 0 Å². The van der Waals surface area contributed by atoms with Crippen LogP contribution in [0.5, 0.6) is 0 Å². The molecule has 5 nitrogen and oxygen atoms in total. The Morgan fingerprint density at radius 3 is 2.08 bits per heavy atom. The fourth-order valence-electron chi connectivity index (χ4n) is 2.45. The van der Waals surface area contributed by atoms with Crippen molar-refractivity contribution < 1.29 is 17.6 Å². The molecule has 3 rings (SSSR count). The van der Waals surface area contributed by atoms with E-state index < -0.39 is 21.7 Å². The summed E-state index contributed by atoms with van der Waals surface area (Å²) in [7, 11) is -3.96. The topological polar surface area (TPSA) is 75.3 Å². The minimum absolute atomic E-state index is 0.0166. The van der Waals surface area contributed by atoms with Gasteiger partial charge in [-0.05, 0) is 29.3 Å². The van der Waals surface area contributed by atoms with Gasteiger partial charge in [-0.25, -0.2) is 12.8 Å². The zero-order valence-corrected chi connectivity index (χ0v) is 14.3. The van der Waals surface area contributed by atoms with E-state index in [0.29, 0.717) is 11.1 Å². The van der Waals surface area contributed by atoms with Crippen molar-refractivity contribution in [2.24, 2.45) is 0 Å². The number of hydrogen-bond acceptors (Lipinski definition) is 3. The molecule has 132 valence electrons. The number of sulfonamides is 1. The Hall–Kier alpha value is -3.03. The van der Waals surface area contributed by atoms with Gasteiger partial charge >= 0.3 is 0 Å². The van der Waals surface area contributed by atoms with Gasteiger partial charge in [0.2, 0.25) is 0 Å². The van der Waals surface area contributed by atoms with Gasteiger partial charge in [-0.15, -0.1) is 4.83 Å². The highest BCUT2D eigenvalue weighted by molar-refractivity contribution is 7.89. The van der Waals surface area contributed by atoms with Crippen molar-refractivity contribution in [2.45, 2.75) is 4.90 Å². The first-order valence-electron chi connectivity index (χ1n) is 7.70. The molecular weight excluding hydrogens is 355 g/mol. The second kappa shape index (κ2) is 7.47. The minimum atomic E-state index is -3.96. The number of carbonyl (C=O) groups is 1. The van der Waals surface area contributed by atoms with Gasteiger partial charge in [0.15, 0.2) is 0 Å². The smallest absolute Gasteiger partial charge is 0.269 e. The van der Waals surface area contributed by atoms with Crippen LogP contribution in [-0.4, -0.2) is 14.3 Å². The molecule has 0 heterocycles. The van der Waals surface area contributed by atoms with Crippen LogP contribution in [0.25, 0.3) is 11.1 Å². The van der Waals surface area contributed by atoms with E-state index in [9.17, 15) is 17.6 Å². The van der Waals surface area contributed by atoms with Crippen molar-refractivity contribution in [3.63, 3.8) is 0 Å². The third-order valence-corrected chi connectivity index (χ3v) is 4.94. The van der Waals surface area contributed by atoms with E-state index in [0.717, 1.165) is 6.07 Å². The lowest BCUT2D eigenvalue weighted by Crippen LogP contribution is -2.42. The van der Waals surface area contributed by atoms with Gasteiger partial charge in [0.25, 0.3) is 15.9 Å². The molecule has 2 N–H and O–H groups in total. The normalized spacial score (nSPS) is 11.1. The highest BCUT2D eigenvalue weighted by atomic mass is 32.2. The van der Waals surface area contributed by atoms with Gasteiger partial charge < -0.3 is 0 Å². The summed E-state index contributed by atoms with van der Waals surface area (Å²) in [5, 5.41) is 0. The molecule has 0 unspecified atom stereocenters. The Morgan fingerprint density at radius 2 is 1.42 bits per heavy atom. The predicted molar refractivity (Wildman–Crippen MR) is 96.1 cm³/mol. The molecule has 0 aliphatic rings. The number of carbonyl (C=O) groups excluding carboxylic acids is 1. The Morgan fingerprint density at radius 1 is 0.808 bits per heavy atom. The number of nitrogens with one attached hydrogen (secondary N) is 2. The average molecular weight is 370 g/mol. The lowest BCUT2D eigenvalue weighted by Gasteiger charge is -2.12. The van der Waals surface area contributed by atoms with Crippen molar-refractivity contribution in [3.05, 3.63) is 90.2 Å². The minimum Gasteiger partial charge on any atom is -0.273 e. The lowest BCUT2D eigenvalue weighted by atomic mass is 9.99. The summed E-state index contributed by atoms with van der Waals surface area (Å²) in [6.45, 7) is 0. The number of benzene rings is 3. The molecule has 3 aromatic rings. The maximum Gasteiger partial charge on any atom is 0.269 e. The summed E-state index contributed by atoms with van der Waals surface area (Å²) < 4.78 is 38.7. The van der Waals surface area contributed by atoms with Gasteiger partial charge in [0.1, 0.15) is 5.82 Å². The molecule has 0 aliphatic heterocycles. The first-order valence-corrected chi connectivity index (χ1v) is 9.18. The van der Waals surface area contributed by atoms with Crippen molar-refractivity contribution >= 4 is 15.9 Å². The Balaban J connectivity index is 1.87. The molecule has 3 aromatic carbocycles. The number of hydrazine groups is 1. The summed E-state index contributed by atoms with van der Waals surface area (Å²) in [6, 6.07) is 20.6. The largest absolute Gasteiger partial charge is 0.273 e. The molecule has 26 heavy (non-hydrogen) atoms. The molecule has 0 atom stereocenters. The molecule has 0 fully saturated rings. The summed E-state index contributed by atoms with van der Waals surface area (Å²) in [4.78, 5) is 14.4. The number of amides is 1.